The maximum atomic E-state index is 13.3. The normalized spacial score (nSPS) is 15.2. The number of fused-ring (bicyclic) bond motifs is 1. The van der Waals surface area contributed by atoms with Crippen LogP contribution in [0.1, 0.15) is 11.1 Å². The summed E-state index contributed by atoms with van der Waals surface area (Å²) in [7, 11) is 0. The Hall–Kier alpha value is -2.15. The summed E-state index contributed by atoms with van der Waals surface area (Å²) in [6.07, 6.45) is 0. The highest BCUT2D eigenvalue weighted by molar-refractivity contribution is 7.99. The Kier molecular flexibility index (Phi) is 5.80. The molecule has 0 saturated carbocycles. The van der Waals surface area contributed by atoms with E-state index in [1.54, 1.807) is 16.3 Å². The van der Waals surface area contributed by atoms with Crippen LogP contribution in [-0.4, -0.2) is 53.1 Å². The first kappa shape index (κ1) is 19.2. The van der Waals surface area contributed by atoms with E-state index < -0.39 is 0 Å². The molecule has 2 heterocycles. The molecule has 0 atom stereocenters. The lowest BCUT2D eigenvalue weighted by molar-refractivity contribution is 0.0410. The van der Waals surface area contributed by atoms with Crippen molar-refractivity contribution in [2.24, 2.45) is 0 Å². The van der Waals surface area contributed by atoms with Gasteiger partial charge in [0.15, 0.2) is 5.16 Å². The highest BCUT2D eigenvalue weighted by Gasteiger charge is 2.15. The molecule has 3 aromatic rings. The maximum Gasteiger partial charge on any atom is 0.266 e. The fourth-order valence-corrected chi connectivity index (χ4v) is 4.40. The number of nitrogens with zero attached hydrogens (tertiary/aromatic N) is 3. The van der Waals surface area contributed by atoms with Gasteiger partial charge in [0.2, 0.25) is 0 Å². The monoisotopic (exact) mass is 395 g/mol. The number of morpholine rings is 1. The first-order valence-electron chi connectivity index (χ1n) is 9.66. The van der Waals surface area contributed by atoms with Crippen LogP contribution in [0.25, 0.3) is 16.6 Å². The van der Waals surface area contributed by atoms with Gasteiger partial charge in [0.05, 0.1) is 29.8 Å². The van der Waals surface area contributed by atoms with Crippen LogP contribution >= 0.6 is 11.8 Å². The van der Waals surface area contributed by atoms with Gasteiger partial charge in [0.25, 0.3) is 5.56 Å². The molecule has 1 aliphatic rings. The van der Waals surface area contributed by atoms with E-state index in [-0.39, 0.29) is 5.56 Å². The van der Waals surface area contributed by atoms with Crippen molar-refractivity contribution in [1.82, 2.24) is 14.5 Å². The molecule has 1 fully saturated rings. The Labute approximate surface area is 169 Å². The SMILES string of the molecule is Cc1ccc(-n2c(SCCN3CCOCC3)nc3ccccc3c2=O)cc1C. The number of aryl methyl sites for hydroxylation is 2. The third kappa shape index (κ3) is 3.99. The van der Waals surface area contributed by atoms with Crippen molar-refractivity contribution in [3.8, 4) is 5.69 Å². The molecule has 0 aliphatic carbocycles. The number of benzene rings is 2. The number of para-hydroxylation sites is 1. The fraction of sp³-hybridized carbons (Fsp3) is 0.364. The predicted octanol–water partition coefficient (Wildman–Crippen LogP) is 3.43. The van der Waals surface area contributed by atoms with E-state index in [4.69, 9.17) is 9.72 Å². The molecule has 28 heavy (non-hydrogen) atoms. The molecule has 0 spiro atoms. The van der Waals surface area contributed by atoms with Crippen LogP contribution < -0.4 is 5.56 Å². The number of thioether (sulfide) groups is 1. The van der Waals surface area contributed by atoms with Crippen LogP contribution in [0, 0.1) is 13.8 Å². The first-order chi connectivity index (χ1) is 13.6. The minimum absolute atomic E-state index is 0.0114. The number of rotatable bonds is 5. The van der Waals surface area contributed by atoms with Crippen LogP contribution in [0.3, 0.4) is 0 Å². The van der Waals surface area contributed by atoms with Gasteiger partial charge in [-0.25, -0.2) is 4.98 Å². The molecule has 0 radical (unpaired) electrons. The van der Waals surface area contributed by atoms with Crippen LogP contribution in [0.15, 0.2) is 52.4 Å². The van der Waals surface area contributed by atoms with Crippen molar-refractivity contribution in [1.29, 1.82) is 0 Å². The maximum absolute atomic E-state index is 13.3. The summed E-state index contributed by atoms with van der Waals surface area (Å²) in [6.45, 7) is 8.65. The summed E-state index contributed by atoms with van der Waals surface area (Å²) in [6, 6.07) is 13.7. The smallest absolute Gasteiger partial charge is 0.266 e. The summed E-state index contributed by atoms with van der Waals surface area (Å²) < 4.78 is 7.18. The summed E-state index contributed by atoms with van der Waals surface area (Å²) in [5.41, 5.74) is 4.00. The Morgan fingerprint density at radius 1 is 1.07 bits per heavy atom. The molecular formula is C22H25N3O2S. The van der Waals surface area contributed by atoms with Crippen molar-refractivity contribution in [2.75, 3.05) is 38.6 Å². The van der Waals surface area contributed by atoms with Gasteiger partial charge in [-0.2, -0.15) is 0 Å². The molecule has 0 amide bonds. The lowest BCUT2D eigenvalue weighted by Crippen LogP contribution is -2.37. The van der Waals surface area contributed by atoms with E-state index in [2.05, 4.69) is 30.9 Å². The van der Waals surface area contributed by atoms with Gasteiger partial charge in [-0.15, -0.1) is 0 Å². The third-order valence-corrected chi connectivity index (χ3v) is 6.15. The van der Waals surface area contributed by atoms with Gasteiger partial charge < -0.3 is 4.74 Å². The van der Waals surface area contributed by atoms with Crippen LogP contribution in [-0.2, 0) is 4.74 Å². The van der Waals surface area contributed by atoms with Crippen molar-refractivity contribution >= 4 is 22.7 Å². The number of ether oxygens (including phenoxy) is 1. The van der Waals surface area contributed by atoms with E-state index in [1.165, 1.54) is 11.1 Å². The second kappa shape index (κ2) is 8.47. The molecule has 5 nitrogen and oxygen atoms in total. The van der Waals surface area contributed by atoms with Crippen molar-refractivity contribution in [3.05, 3.63) is 63.9 Å². The molecule has 146 valence electrons. The van der Waals surface area contributed by atoms with Gasteiger partial charge in [-0.3, -0.25) is 14.3 Å². The minimum Gasteiger partial charge on any atom is -0.379 e. The zero-order chi connectivity index (χ0) is 19.5. The summed E-state index contributed by atoms with van der Waals surface area (Å²) in [5, 5.41) is 1.40. The van der Waals surface area contributed by atoms with Gasteiger partial charge >= 0.3 is 0 Å². The van der Waals surface area contributed by atoms with Gasteiger partial charge in [0, 0.05) is 25.4 Å². The highest BCUT2D eigenvalue weighted by atomic mass is 32.2. The largest absolute Gasteiger partial charge is 0.379 e. The second-order valence-electron chi connectivity index (χ2n) is 7.12. The Morgan fingerprint density at radius 2 is 1.86 bits per heavy atom. The van der Waals surface area contributed by atoms with Crippen LogP contribution in [0.4, 0.5) is 0 Å². The van der Waals surface area contributed by atoms with E-state index in [1.807, 2.05) is 30.3 Å². The molecule has 1 saturated heterocycles. The molecule has 0 N–H and O–H groups in total. The predicted molar refractivity (Wildman–Crippen MR) is 115 cm³/mol. The van der Waals surface area contributed by atoms with Crippen molar-refractivity contribution in [3.63, 3.8) is 0 Å². The highest BCUT2D eigenvalue weighted by Crippen LogP contribution is 2.23. The van der Waals surface area contributed by atoms with Gasteiger partial charge in [-0.05, 0) is 49.2 Å². The van der Waals surface area contributed by atoms with Crippen molar-refractivity contribution < 1.29 is 4.74 Å². The average Bonchev–Trinajstić information content (AvgIpc) is 2.71. The number of aromatic nitrogens is 2. The van der Waals surface area contributed by atoms with Gasteiger partial charge in [-0.1, -0.05) is 30.0 Å². The zero-order valence-electron chi connectivity index (χ0n) is 16.4. The van der Waals surface area contributed by atoms with E-state index in [0.29, 0.717) is 5.39 Å². The lowest BCUT2D eigenvalue weighted by atomic mass is 10.1. The standard InChI is InChI=1S/C22H25N3O2S/c1-16-7-8-18(15-17(16)2)25-21(26)19-5-3-4-6-20(19)23-22(25)28-14-11-24-9-12-27-13-10-24/h3-8,15H,9-14H2,1-2H3. The van der Waals surface area contributed by atoms with Crippen LogP contribution in [0.5, 0.6) is 0 Å². The number of hydrogen-bond donors (Lipinski definition) is 0. The third-order valence-electron chi connectivity index (χ3n) is 5.24. The first-order valence-corrected chi connectivity index (χ1v) is 10.6. The molecule has 4 rings (SSSR count). The van der Waals surface area contributed by atoms with Crippen molar-refractivity contribution in [2.45, 2.75) is 19.0 Å². The molecule has 6 heteroatoms. The number of hydrogen-bond acceptors (Lipinski definition) is 5. The topological polar surface area (TPSA) is 47.4 Å². The second-order valence-corrected chi connectivity index (χ2v) is 8.19. The molecule has 0 unspecified atom stereocenters. The molecular weight excluding hydrogens is 370 g/mol. The van der Waals surface area contributed by atoms with E-state index in [9.17, 15) is 4.79 Å². The summed E-state index contributed by atoms with van der Waals surface area (Å²) >= 11 is 1.64. The fourth-order valence-electron chi connectivity index (χ4n) is 3.39. The summed E-state index contributed by atoms with van der Waals surface area (Å²) in [5.74, 6) is 0.885. The van der Waals surface area contributed by atoms with Crippen LogP contribution in [0.2, 0.25) is 0 Å². The quantitative estimate of drug-likeness (QED) is 0.489. The lowest BCUT2D eigenvalue weighted by Gasteiger charge is -2.26. The molecule has 1 aromatic heterocycles. The Morgan fingerprint density at radius 3 is 2.64 bits per heavy atom. The Balaban J connectivity index is 1.70. The molecule has 2 aromatic carbocycles. The minimum atomic E-state index is -0.0114. The summed E-state index contributed by atoms with van der Waals surface area (Å²) in [4.78, 5) is 20.5. The Bertz CT molecular complexity index is 1040. The van der Waals surface area contributed by atoms with Gasteiger partial charge in [0.1, 0.15) is 0 Å². The molecule has 0 bridgehead atoms. The molecule has 1 aliphatic heterocycles. The zero-order valence-corrected chi connectivity index (χ0v) is 17.2. The van der Waals surface area contributed by atoms with E-state index in [0.717, 1.165) is 55.0 Å². The average molecular weight is 396 g/mol. The van der Waals surface area contributed by atoms with E-state index >= 15 is 0 Å².